The third-order valence-corrected chi connectivity index (χ3v) is 7.04. The van der Waals surface area contributed by atoms with E-state index in [9.17, 15) is 31.1 Å². The number of halogens is 6. The molecule has 0 unspecified atom stereocenters. The molecule has 3 N–H and O–H groups in total. The summed E-state index contributed by atoms with van der Waals surface area (Å²) in [5, 5.41) is 4.55. The molecule has 0 saturated carbocycles. The molecule has 1 saturated heterocycles. The molecule has 0 bridgehead atoms. The molecular formula is C19H27B3F6N6O3. The molecule has 9 nitrogen and oxygen atoms in total. The highest BCUT2D eigenvalue weighted by Crippen LogP contribution is 2.44. The summed E-state index contributed by atoms with van der Waals surface area (Å²) in [7, 11) is 4.88. The van der Waals surface area contributed by atoms with Crippen molar-refractivity contribution in [1.29, 1.82) is 0 Å². The van der Waals surface area contributed by atoms with Gasteiger partial charge in [0, 0.05) is 18.0 Å². The van der Waals surface area contributed by atoms with E-state index >= 15 is 0 Å². The first-order valence-electron chi connectivity index (χ1n) is 11.3. The molecule has 1 fully saturated rings. The van der Waals surface area contributed by atoms with Crippen molar-refractivity contribution in [3.05, 3.63) is 29.7 Å². The monoisotopic (exact) mass is 534 g/mol. The maximum atomic E-state index is 13.9. The summed E-state index contributed by atoms with van der Waals surface area (Å²) in [6, 6.07) is -1.41. The second-order valence-corrected chi connectivity index (χ2v) is 10.1. The molecule has 3 atom stereocenters. The standard InChI is InChI=1S/C19H27B3F6N6O3/c1-15(2,18(23,24)25)37-7-10(29)11-6-33-13(31-11)4-9(5-30-33)12(8-36-3)34-14(35)32-16(20,17(34,21)22)19(26,27)28/h4-6,10,12H,7-8,20-22,29H2,1-3H3,(H,32,35)/t10-,12+,16-/m0/s1. The molecule has 2 aromatic rings. The maximum absolute atomic E-state index is 13.9. The van der Waals surface area contributed by atoms with Crippen LogP contribution in [0.25, 0.3) is 5.65 Å². The molecule has 2 aromatic heterocycles. The third kappa shape index (κ3) is 5.02. The van der Waals surface area contributed by atoms with Crippen molar-refractivity contribution >= 4 is 35.2 Å². The van der Waals surface area contributed by atoms with Crippen molar-refractivity contribution in [2.45, 2.75) is 54.7 Å². The summed E-state index contributed by atoms with van der Waals surface area (Å²) in [4.78, 5) is 18.2. The Bertz CT molecular complexity index is 1160. The lowest BCUT2D eigenvalue weighted by Gasteiger charge is -2.45. The average molecular weight is 534 g/mol. The van der Waals surface area contributed by atoms with E-state index in [-0.39, 0.29) is 17.9 Å². The normalized spacial score (nSPS) is 22.3. The van der Waals surface area contributed by atoms with Gasteiger partial charge in [0.1, 0.15) is 29.0 Å². The molecule has 18 heteroatoms. The summed E-state index contributed by atoms with van der Waals surface area (Å²) in [5.41, 5.74) is 1.78. The highest BCUT2D eigenvalue weighted by molar-refractivity contribution is 6.47. The highest BCUT2D eigenvalue weighted by atomic mass is 19.4. The van der Waals surface area contributed by atoms with Crippen molar-refractivity contribution in [2.75, 3.05) is 20.3 Å². The van der Waals surface area contributed by atoms with Crippen LogP contribution in [0.1, 0.15) is 37.2 Å². The number of nitrogens with two attached hydrogens (primary N) is 1. The number of carbonyl (C=O) groups is 1. The first kappa shape index (κ1) is 29.1. The van der Waals surface area contributed by atoms with Gasteiger partial charge in [0.15, 0.2) is 11.2 Å². The zero-order chi connectivity index (χ0) is 28.2. The number of imidazole rings is 1. The average Bonchev–Trinajstić information content (AvgIpc) is 3.26. The van der Waals surface area contributed by atoms with Crippen LogP contribution < -0.4 is 11.1 Å². The highest BCUT2D eigenvalue weighted by Gasteiger charge is 2.67. The van der Waals surface area contributed by atoms with E-state index < -0.39 is 53.5 Å². The number of hydrogen-bond donors (Lipinski definition) is 2. The van der Waals surface area contributed by atoms with Crippen molar-refractivity contribution in [3.8, 4) is 0 Å². The minimum absolute atomic E-state index is 0.143. The molecular weight excluding hydrogens is 507 g/mol. The van der Waals surface area contributed by atoms with Gasteiger partial charge in [-0.15, -0.1) is 0 Å². The number of rotatable bonds is 8. The van der Waals surface area contributed by atoms with Crippen LogP contribution in [0.2, 0.25) is 0 Å². The van der Waals surface area contributed by atoms with E-state index in [1.807, 2.05) is 0 Å². The number of nitrogens with one attached hydrogen (secondary N) is 1. The Morgan fingerprint density at radius 2 is 1.78 bits per heavy atom. The van der Waals surface area contributed by atoms with Gasteiger partial charge in [0.25, 0.3) is 0 Å². The Labute approximate surface area is 211 Å². The lowest BCUT2D eigenvalue weighted by atomic mass is 9.44. The molecule has 37 heavy (non-hydrogen) atoms. The van der Waals surface area contributed by atoms with Crippen molar-refractivity contribution in [1.82, 2.24) is 24.8 Å². The van der Waals surface area contributed by atoms with Crippen LogP contribution in [0.4, 0.5) is 31.1 Å². The summed E-state index contributed by atoms with van der Waals surface area (Å²) in [5.74, 6) is 0. The van der Waals surface area contributed by atoms with Crippen LogP contribution in [0, 0.1) is 0 Å². The lowest BCUT2D eigenvalue weighted by molar-refractivity contribution is -0.264. The minimum Gasteiger partial charge on any atom is -0.382 e. The predicted molar refractivity (Wildman–Crippen MR) is 128 cm³/mol. The smallest absolute Gasteiger partial charge is 0.382 e. The van der Waals surface area contributed by atoms with Crippen molar-refractivity contribution in [3.63, 3.8) is 0 Å². The zero-order valence-electron chi connectivity index (χ0n) is 21.2. The summed E-state index contributed by atoms with van der Waals surface area (Å²) >= 11 is 0. The van der Waals surface area contributed by atoms with Crippen LogP contribution in [0.3, 0.4) is 0 Å². The van der Waals surface area contributed by atoms with Crippen LogP contribution >= 0.6 is 0 Å². The van der Waals surface area contributed by atoms with Gasteiger partial charge in [0.2, 0.25) is 0 Å². The zero-order valence-corrected chi connectivity index (χ0v) is 21.2. The number of urea groups is 1. The Morgan fingerprint density at radius 1 is 1.16 bits per heavy atom. The first-order chi connectivity index (χ1) is 16.8. The topological polar surface area (TPSA) is 107 Å². The number of carbonyl (C=O) groups excluding carboxylic acids is 1. The van der Waals surface area contributed by atoms with Crippen LogP contribution in [-0.4, -0.2) is 98.1 Å². The molecule has 0 aromatic carbocycles. The van der Waals surface area contributed by atoms with Crippen LogP contribution in [-0.2, 0) is 9.47 Å². The van der Waals surface area contributed by atoms with Gasteiger partial charge < -0.3 is 25.4 Å². The van der Waals surface area contributed by atoms with E-state index in [2.05, 4.69) is 15.4 Å². The molecule has 3 heterocycles. The van der Waals surface area contributed by atoms with Crippen molar-refractivity contribution < 1.29 is 40.6 Å². The molecule has 3 rings (SSSR count). The van der Waals surface area contributed by atoms with Gasteiger partial charge in [-0.25, -0.2) is 14.3 Å². The van der Waals surface area contributed by atoms with Crippen LogP contribution in [0.15, 0.2) is 18.5 Å². The summed E-state index contributed by atoms with van der Waals surface area (Å²) in [6.45, 7) is 1.14. The SMILES string of the molecule is BC1(B)N([C@H](COC)c2cnn3cc([C@@H](N)COC(C)(C)C(F)(F)F)nc3c2)C(=O)N[C@]1(B)C(F)(F)F. The van der Waals surface area contributed by atoms with Gasteiger partial charge in [0.05, 0.1) is 43.4 Å². The summed E-state index contributed by atoms with van der Waals surface area (Å²) in [6.07, 6.45) is -6.58. The van der Waals surface area contributed by atoms with E-state index in [1.165, 1.54) is 45.8 Å². The van der Waals surface area contributed by atoms with E-state index in [4.69, 9.17) is 15.2 Å². The number of nitrogens with zero attached hydrogens (tertiary/aromatic N) is 4. The Balaban J connectivity index is 1.92. The fraction of sp³-hybridized carbons (Fsp3) is 0.632. The number of methoxy groups -OCH3 is 1. The molecule has 202 valence electrons. The second kappa shape index (κ2) is 9.38. The minimum atomic E-state index is -4.74. The van der Waals surface area contributed by atoms with Crippen LogP contribution in [0.5, 0.6) is 0 Å². The summed E-state index contributed by atoms with van der Waals surface area (Å²) < 4.78 is 92.5. The van der Waals surface area contributed by atoms with E-state index in [0.717, 1.165) is 26.6 Å². The maximum Gasteiger partial charge on any atom is 0.416 e. The van der Waals surface area contributed by atoms with Gasteiger partial charge in [-0.1, -0.05) is 0 Å². The molecule has 0 radical (unpaired) electrons. The Kier molecular flexibility index (Phi) is 7.38. The number of aromatic nitrogens is 3. The van der Waals surface area contributed by atoms with Gasteiger partial charge >= 0.3 is 18.4 Å². The molecule has 1 aliphatic heterocycles. The van der Waals surface area contributed by atoms with Gasteiger partial charge in [-0.05, 0) is 19.9 Å². The number of alkyl halides is 6. The fourth-order valence-electron chi connectivity index (χ4n) is 4.08. The lowest BCUT2D eigenvalue weighted by Crippen LogP contribution is -2.70. The predicted octanol–water partition coefficient (Wildman–Crippen LogP) is -0.389. The number of amides is 2. The third-order valence-electron chi connectivity index (χ3n) is 7.04. The molecule has 1 aliphatic rings. The number of fused-ring (bicyclic) bond motifs is 1. The van der Waals surface area contributed by atoms with Crippen molar-refractivity contribution in [2.24, 2.45) is 5.73 Å². The molecule has 2 amide bonds. The molecule has 0 spiro atoms. The second-order valence-electron chi connectivity index (χ2n) is 10.1. The van der Waals surface area contributed by atoms with Gasteiger partial charge in [-0.3, -0.25) is 0 Å². The Hall–Kier alpha value is -2.46. The number of hydrogen-bond acceptors (Lipinski definition) is 6. The fourth-order valence-corrected chi connectivity index (χ4v) is 4.08. The number of ether oxygens (including phenoxy) is 2. The Morgan fingerprint density at radius 3 is 2.30 bits per heavy atom. The van der Waals surface area contributed by atoms with Gasteiger partial charge in [-0.2, -0.15) is 31.4 Å². The van der Waals surface area contributed by atoms with E-state index in [1.54, 1.807) is 0 Å². The quantitative estimate of drug-likeness (QED) is 0.354. The van der Waals surface area contributed by atoms with E-state index in [0.29, 0.717) is 5.56 Å². The molecule has 0 aliphatic carbocycles. The first-order valence-corrected chi connectivity index (χ1v) is 11.3. The largest absolute Gasteiger partial charge is 0.416 e.